The Labute approximate surface area is 163 Å². The highest BCUT2D eigenvalue weighted by atomic mass is 31.2. The predicted octanol–water partition coefficient (Wildman–Crippen LogP) is 5.95. The van der Waals surface area contributed by atoms with E-state index in [1.54, 1.807) is 0 Å². The Morgan fingerprint density at radius 1 is 0.926 bits per heavy atom. The van der Waals surface area contributed by atoms with Crippen LogP contribution in [0.2, 0.25) is 0 Å². The molecule has 0 saturated carbocycles. The number of nitrogens with zero attached hydrogens (tertiary/aromatic N) is 1. The summed E-state index contributed by atoms with van der Waals surface area (Å²) in [5.74, 6) is 0.162. The molecule has 2 aliphatic rings. The van der Waals surface area contributed by atoms with Gasteiger partial charge in [-0.1, -0.05) is 85.0 Å². The second-order valence-electron chi connectivity index (χ2n) is 8.78. The van der Waals surface area contributed by atoms with E-state index in [1.807, 2.05) is 36.4 Å². The topological polar surface area (TPSA) is 20.3 Å². The number of hydrogen-bond donors (Lipinski definition) is 0. The van der Waals surface area contributed by atoms with Crippen LogP contribution in [0.4, 0.5) is 0 Å². The molecule has 0 spiro atoms. The van der Waals surface area contributed by atoms with Crippen molar-refractivity contribution in [2.75, 3.05) is 0 Å². The van der Waals surface area contributed by atoms with E-state index in [1.165, 1.54) is 5.56 Å². The first-order valence-electron chi connectivity index (χ1n) is 9.67. The summed E-state index contributed by atoms with van der Waals surface area (Å²) in [5.41, 5.74) is 0.991. The van der Waals surface area contributed by atoms with E-state index < -0.39 is 12.4 Å². The zero-order valence-corrected chi connectivity index (χ0v) is 17.4. The average molecular weight is 377 g/mol. The highest BCUT2D eigenvalue weighted by Gasteiger charge is 2.65. The number of allylic oxidation sites excluding steroid dienone is 3. The van der Waals surface area contributed by atoms with Crippen molar-refractivity contribution in [3.63, 3.8) is 0 Å². The molecule has 1 aliphatic carbocycles. The summed E-state index contributed by atoms with van der Waals surface area (Å²) in [7, 11) is -2.92. The second-order valence-corrected chi connectivity index (χ2v) is 11.8. The van der Waals surface area contributed by atoms with Gasteiger partial charge in [0.25, 0.3) is 0 Å². The molecule has 1 heterocycles. The van der Waals surface area contributed by atoms with E-state index in [4.69, 9.17) is 0 Å². The summed E-state index contributed by atoms with van der Waals surface area (Å²) in [6, 6.07) is 20.7. The molecule has 2 aromatic carbocycles. The van der Waals surface area contributed by atoms with E-state index in [9.17, 15) is 0 Å². The zero-order valence-electron chi connectivity index (χ0n) is 16.5. The Hall–Kier alpha value is -1.89. The Kier molecular flexibility index (Phi) is 4.33. The lowest BCUT2D eigenvalue weighted by atomic mass is 9.80. The largest absolute Gasteiger partial charge is 0.300 e. The summed E-state index contributed by atoms with van der Waals surface area (Å²) in [5, 5.41) is 0.516. The van der Waals surface area contributed by atoms with Gasteiger partial charge in [0.15, 0.2) is 7.29 Å². The molecule has 27 heavy (non-hydrogen) atoms. The molecule has 0 radical (unpaired) electrons. The smallest absolute Gasteiger partial charge is 0.189 e. The average Bonchev–Trinajstić information content (AvgIpc) is 2.89. The molecule has 1 saturated heterocycles. The van der Waals surface area contributed by atoms with Crippen LogP contribution in [0, 0.1) is 5.92 Å². The SMILES string of the molecule is CC(C)(C)N1[C@@H](c2ccccc2)[C@@H]2C=CC=C[C@]2(C)P1(=O)c1ccccc1. The minimum atomic E-state index is -2.92. The molecule has 0 amide bonds. The fraction of sp³-hybridized carbons (Fsp3) is 0.333. The summed E-state index contributed by atoms with van der Waals surface area (Å²) in [6.45, 7) is 8.75. The van der Waals surface area contributed by atoms with Crippen molar-refractivity contribution in [1.82, 2.24) is 4.67 Å². The van der Waals surface area contributed by atoms with Crippen LogP contribution in [0.1, 0.15) is 39.3 Å². The third kappa shape index (κ3) is 2.62. The van der Waals surface area contributed by atoms with Crippen LogP contribution in [-0.2, 0) is 4.57 Å². The predicted molar refractivity (Wildman–Crippen MR) is 115 cm³/mol. The summed E-state index contributed by atoms with van der Waals surface area (Å²) in [4.78, 5) is 0. The van der Waals surface area contributed by atoms with E-state index >= 15 is 4.57 Å². The molecular formula is C24H28NOP. The van der Waals surface area contributed by atoms with Crippen LogP contribution >= 0.6 is 7.29 Å². The van der Waals surface area contributed by atoms with Gasteiger partial charge in [0, 0.05) is 22.8 Å². The van der Waals surface area contributed by atoms with Crippen molar-refractivity contribution >= 4 is 12.6 Å². The van der Waals surface area contributed by atoms with Gasteiger partial charge in [-0.25, -0.2) is 4.67 Å². The summed E-state index contributed by atoms with van der Waals surface area (Å²) < 4.78 is 17.4. The first kappa shape index (κ1) is 18.5. The molecule has 3 heteroatoms. The van der Waals surface area contributed by atoms with Gasteiger partial charge in [-0.2, -0.15) is 0 Å². The standard InChI is InChI=1S/C24H28NOP/c1-23(2,3)25-22(19-13-7-5-8-14-19)21-17-11-12-18-24(21,4)27(25,26)20-15-9-6-10-16-20/h5-18,21-22H,1-4H3/t21-,22-,24-,27?/m0/s1. The minimum absolute atomic E-state index is 0.0726. The number of fused-ring (bicyclic) bond motifs is 1. The quantitative estimate of drug-likeness (QED) is 0.603. The summed E-state index contributed by atoms with van der Waals surface area (Å²) in [6.07, 6.45) is 8.64. The number of benzene rings is 2. The van der Waals surface area contributed by atoms with Crippen molar-refractivity contribution in [1.29, 1.82) is 0 Å². The monoisotopic (exact) mass is 377 g/mol. The Balaban J connectivity index is 2.04. The molecule has 1 aliphatic heterocycles. The second kappa shape index (κ2) is 6.33. The first-order chi connectivity index (χ1) is 12.8. The number of hydrogen-bond acceptors (Lipinski definition) is 1. The normalized spacial score (nSPS) is 33.2. The molecule has 2 aromatic rings. The van der Waals surface area contributed by atoms with Crippen LogP contribution in [0.3, 0.4) is 0 Å². The molecule has 0 aromatic heterocycles. The molecule has 2 nitrogen and oxygen atoms in total. The van der Waals surface area contributed by atoms with Crippen LogP contribution in [0.25, 0.3) is 0 Å². The van der Waals surface area contributed by atoms with E-state index in [-0.39, 0.29) is 17.5 Å². The first-order valence-corrected chi connectivity index (χ1v) is 11.3. The van der Waals surface area contributed by atoms with Gasteiger partial charge < -0.3 is 4.57 Å². The maximum Gasteiger partial charge on any atom is 0.189 e. The lowest BCUT2D eigenvalue weighted by molar-refractivity contribution is 0.184. The molecule has 0 N–H and O–H groups in total. The molecule has 1 fully saturated rings. The van der Waals surface area contributed by atoms with Gasteiger partial charge in [0.05, 0.1) is 5.16 Å². The molecule has 4 rings (SSSR count). The zero-order chi connectivity index (χ0) is 19.3. The Bertz CT molecular complexity index is 926. The van der Waals surface area contributed by atoms with Crippen LogP contribution in [0.5, 0.6) is 0 Å². The minimum Gasteiger partial charge on any atom is -0.300 e. The molecule has 1 unspecified atom stereocenters. The maximum absolute atomic E-state index is 15.1. The van der Waals surface area contributed by atoms with Gasteiger partial charge >= 0.3 is 0 Å². The van der Waals surface area contributed by atoms with Gasteiger partial charge in [0.1, 0.15) is 0 Å². The lowest BCUT2D eigenvalue weighted by Crippen LogP contribution is -2.41. The molecule has 4 atom stereocenters. The lowest BCUT2D eigenvalue weighted by Gasteiger charge is -2.43. The highest BCUT2D eigenvalue weighted by molar-refractivity contribution is 7.71. The van der Waals surface area contributed by atoms with Gasteiger partial charge in [-0.15, -0.1) is 0 Å². The Morgan fingerprint density at radius 3 is 2.11 bits per heavy atom. The van der Waals surface area contributed by atoms with Crippen LogP contribution in [-0.4, -0.2) is 15.4 Å². The Morgan fingerprint density at radius 2 is 1.52 bits per heavy atom. The van der Waals surface area contributed by atoms with Gasteiger partial charge in [-0.3, -0.25) is 0 Å². The van der Waals surface area contributed by atoms with Crippen molar-refractivity contribution in [3.05, 3.63) is 90.5 Å². The van der Waals surface area contributed by atoms with Crippen molar-refractivity contribution in [3.8, 4) is 0 Å². The summed E-state index contributed by atoms with van der Waals surface area (Å²) >= 11 is 0. The fourth-order valence-electron chi connectivity index (χ4n) is 4.90. The van der Waals surface area contributed by atoms with E-state index in [2.05, 4.69) is 80.9 Å². The number of rotatable bonds is 2. The van der Waals surface area contributed by atoms with Gasteiger partial charge in [0.2, 0.25) is 0 Å². The molecule has 0 bridgehead atoms. The third-order valence-corrected chi connectivity index (χ3v) is 10.2. The van der Waals surface area contributed by atoms with E-state index in [0.717, 1.165) is 5.30 Å². The third-order valence-electron chi connectivity index (χ3n) is 6.03. The van der Waals surface area contributed by atoms with Crippen molar-refractivity contribution in [2.24, 2.45) is 5.92 Å². The molecule has 140 valence electrons. The van der Waals surface area contributed by atoms with Crippen LogP contribution < -0.4 is 5.30 Å². The van der Waals surface area contributed by atoms with Crippen molar-refractivity contribution in [2.45, 2.75) is 44.4 Å². The van der Waals surface area contributed by atoms with Crippen molar-refractivity contribution < 1.29 is 4.57 Å². The maximum atomic E-state index is 15.1. The van der Waals surface area contributed by atoms with Crippen LogP contribution in [0.15, 0.2) is 85.0 Å². The van der Waals surface area contributed by atoms with E-state index in [0.29, 0.717) is 0 Å². The van der Waals surface area contributed by atoms with Gasteiger partial charge in [-0.05, 0) is 33.3 Å². The fourth-order valence-corrected chi connectivity index (χ4v) is 9.14. The highest BCUT2D eigenvalue weighted by Crippen LogP contribution is 2.76. The molecular weight excluding hydrogens is 349 g/mol.